The summed E-state index contributed by atoms with van der Waals surface area (Å²) in [5.41, 5.74) is 5.26. The summed E-state index contributed by atoms with van der Waals surface area (Å²) in [7, 11) is 1.82. The molecule has 3 N–H and O–H groups in total. The van der Waals surface area contributed by atoms with Crippen LogP contribution in [0.4, 0.5) is 11.8 Å². The van der Waals surface area contributed by atoms with Crippen molar-refractivity contribution < 1.29 is 30.3 Å². The number of hydrogen-bond donors (Lipinski definition) is 2. The van der Waals surface area contributed by atoms with Crippen LogP contribution in [0.2, 0.25) is 0 Å². The Labute approximate surface area is 123 Å². The molecule has 1 fully saturated rings. The zero-order valence-corrected chi connectivity index (χ0v) is 13.0. The molecule has 9 heteroatoms. The quantitative estimate of drug-likeness (QED) is 0.616. The van der Waals surface area contributed by atoms with Gasteiger partial charge in [-0.1, -0.05) is 0 Å². The van der Waals surface area contributed by atoms with Crippen molar-refractivity contribution in [3.63, 3.8) is 0 Å². The van der Waals surface area contributed by atoms with Crippen LogP contribution in [-0.2, 0) is 25.2 Å². The van der Waals surface area contributed by atoms with Crippen LogP contribution in [0.1, 0.15) is 0 Å². The topological polar surface area (TPSA) is 111 Å². The van der Waals surface area contributed by atoms with Crippen LogP contribution in [0.25, 0.3) is 11.0 Å². The molecule has 103 valence electrons. The average Bonchev–Trinajstić information content (AvgIpc) is 2.73. The number of fused-ring (bicyclic) bond motifs is 1. The summed E-state index contributed by atoms with van der Waals surface area (Å²) in [4.78, 5) is 9.98. The first-order valence-electron chi connectivity index (χ1n) is 5.50. The number of rotatable bonds is 3. The van der Waals surface area contributed by atoms with Gasteiger partial charge in [-0.05, 0) is 5.65 Å². The molecule has 0 bridgehead atoms. The number of likely N-dealkylation sites (N-methyl/N-ethyl adjacent to an activating group) is 1. The Morgan fingerprint density at radius 2 is 2.26 bits per heavy atom. The first kappa shape index (κ1) is 14.1. The second-order valence-corrected chi connectivity index (χ2v) is 4.56. The fraction of sp³-hybridized carbons (Fsp3) is 0.500. The molecule has 2 aromatic rings. The van der Waals surface area contributed by atoms with E-state index in [1.165, 1.54) is 0 Å². The molecule has 2 aromatic heterocycles. The molecule has 1 radical (unpaired) electrons. The van der Waals surface area contributed by atoms with Gasteiger partial charge in [-0.2, -0.15) is 0 Å². The van der Waals surface area contributed by atoms with E-state index in [1.807, 2.05) is 11.9 Å². The van der Waals surface area contributed by atoms with Gasteiger partial charge in [0.25, 0.3) is 0 Å². The zero-order valence-electron chi connectivity index (χ0n) is 10.2. The van der Waals surface area contributed by atoms with E-state index in [1.54, 1.807) is 6.20 Å². The fourth-order valence-corrected chi connectivity index (χ4v) is 2.03. The van der Waals surface area contributed by atoms with E-state index in [4.69, 9.17) is 10.5 Å². The fourth-order valence-electron chi connectivity index (χ4n) is 2.03. The Kier molecular flexibility index (Phi) is 3.74. The van der Waals surface area contributed by atoms with E-state index in [-0.39, 0.29) is 26.4 Å². The van der Waals surface area contributed by atoms with Crippen LogP contribution >= 0.6 is 0 Å². The van der Waals surface area contributed by atoms with Gasteiger partial charge in [-0.25, -0.2) is 4.98 Å². The molecule has 0 saturated carbocycles. The number of nitrogens with zero attached hydrogens (tertiary/aromatic N) is 5. The first-order valence-corrected chi connectivity index (χ1v) is 5.50. The molecule has 0 aromatic carbocycles. The largest absolute Gasteiger partial charge is 0.403 e. The number of aromatic nitrogens is 4. The number of anilines is 2. The smallest absolute Gasteiger partial charge is 0.139 e. The molecule has 0 aliphatic carbocycles. The summed E-state index contributed by atoms with van der Waals surface area (Å²) < 4.78 is 5.01. The van der Waals surface area contributed by atoms with Gasteiger partial charge in [0, 0.05) is 39.1 Å². The van der Waals surface area contributed by atoms with E-state index in [2.05, 4.69) is 20.2 Å². The summed E-state index contributed by atoms with van der Waals surface area (Å²) in [6, 6.07) is 0. The van der Waals surface area contributed by atoms with Gasteiger partial charge in [-0.3, -0.25) is 5.10 Å². The minimum Gasteiger partial charge on any atom is -0.403 e. The Bertz CT molecular complexity index is 584. The Morgan fingerprint density at radius 1 is 1.53 bits per heavy atom. The van der Waals surface area contributed by atoms with E-state index >= 15 is 0 Å². The molecule has 1 aliphatic heterocycles. The van der Waals surface area contributed by atoms with Crippen LogP contribution in [0.5, 0.6) is 0 Å². The van der Waals surface area contributed by atoms with Gasteiger partial charge < -0.3 is 30.6 Å². The standard InChI is InChI=1S/C10H13N6O2.Re/c1-16(3-10(17)4-18-5-10)8-6-2-12-15-7(6)13-9(11)14-8;/h2,17H,3-5H2,1H3,(H2-,11,12,13,14,15);/q-1;. The summed E-state index contributed by atoms with van der Waals surface area (Å²) in [5, 5.41) is 18.4. The van der Waals surface area contributed by atoms with Gasteiger partial charge in [0.05, 0.1) is 19.8 Å². The van der Waals surface area contributed by atoms with E-state index < -0.39 is 5.60 Å². The second-order valence-electron chi connectivity index (χ2n) is 4.56. The number of hydrogen-bond acceptors (Lipinski definition) is 7. The van der Waals surface area contributed by atoms with Crippen molar-refractivity contribution in [3.05, 3.63) is 6.20 Å². The van der Waals surface area contributed by atoms with Crippen molar-refractivity contribution in [3.8, 4) is 0 Å². The van der Waals surface area contributed by atoms with E-state index in [0.717, 1.165) is 5.39 Å². The minimum absolute atomic E-state index is 0. The third-order valence-corrected chi connectivity index (χ3v) is 2.90. The van der Waals surface area contributed by atoms with Gasteiger partial charge in [0.2, 0.25) is 0 Å². The number of nitrogens with two attached hydrogens (primary N) is 1. The summed E-state index contributed by atoms with van der Waals surface area (Å²) in [6.07, 6.45) is 1.59. The molecule has 0 spiro atoms. The van der Waals surface area contributed by atoms with Crippen LogP contribution in [0, 0.1) is 0 Å². The van der Waals surface area contributed by atoms with Crippen molar-refractivity contribution >= 4 is 22.8 Å². The van der Waals surface area contributed by atoms with Crippen molar-refractivity contribution in [2.45, 2.75) is 5.60 Å². The van der Waals surface area contributed by atoms with Crippen molar-refractivity contribution in [2.75, 3.05) is 37.4 Å². The molecule has 19 heavy (non-hydrogen) atoms. The molecular formula is C10H13N6O2Re-. The normalized spacial score (nSPS) is 16.7. The number of nitrogen functional groups attached to an aromatic ring is 1. The van der Waals surface area contributed by atoms with E-state index in [9.17, 15) is 5.11 Å². The van der Waals surface area contributed by atoms with Gasteiger partial charge in [0.15, 0.2) is 0 Å². The van der Waals surface area contributed by atoms with Gasteiger partial charge in [0.1, 0.15) is 17.4 Å². The maximum absolute atomic E-state index is 10.1. The summed E-state index contributed by atoms with van der Waals surface area (Å²) in [5.74, 6) is 0.754. The average molecular weight is 435 g/mol. The molecule has 0 amide bonds. The van der Waals surface area contributed by atoms with Gasteiger partial charge >= 0.3 is 0 Å². The molecule has 3 heterocycles. The Balaban J connectivity index is 0.00000133. The van der Waals surface area contributed by atoms with Crippen molar-refractivity contribution in [1.82, 2.24) is 20.2 Å². The Hall–Kier alpha value is -1.27. The second kappa shape index (κ2) is 5.02. The molecule has 0 atom stereocenters. The summed E-state index contributed by atoms with van der Waals surface area (Å²) in [6.45, 7) is 1.07. The predicted molar refractivity (Wildman–Crippen MR) is 64.1 cm³/mol. The molecule has 0 unspecified atom stereocenters. The molecule has 3 rings (SSSR count). The number of aliphatic hydroxyl groups is 1. The summed E-state index contributed by atoms with van der Waals surface area (Å²) >= 11 is 0. The molecule has 8 nitrogen and oxygen atoms in total. The van der Waals surface area contributed by atoms with Gasteiger partial charge in [-0.15, -0.1) is 0 Å². The van der Waals surface area contributed by atoms with Crippen LogP contribution in [-0.4, -0.2) is 52.6 Å². The first-order chi connectivity index (χ1) is 8.57. The Morgan fingerprint density at radius 3 is 2.89 bits per heavy atom. The van der Waals surface area contributed by atoms with Crippen LogP contribution < -0.4 is 15.7 Å². The number of ether oxygens (including phenoxy) is 1. The minimum atomic E-state index is -0.825. The predicted octanol–water partition coefficient (Wildman–Crippen LogP) is -1.24. The maximum atomic E-state index is 10.1. The van der Waals surface area contributed by atoms with Crippen LogP contribution in [0.15, 0.2) is 6.20 Å². The van der Waals surface area contributed by atoms with Crippen LogP contribution in [0.3, 0.4) is 0 Å². The molecule has 1 saturated heterocycles. The third kappa shape index (κ3) is 2.55. The third-order valence-electron chi connectivity index (χ3n) is 2.90. The molecule has 1 aliphatic rings. The van der Waals surface area contributed by atoms with Crippen molar-refractivity contribution in [1.29, 1.82) is 0 Å². The molecular weight excluding hydrogens is 422 g/mol. The zero-order chi connectivity index (χ0) is 12.8. The monoisotopic (exact) mass is 436 g/mol. The van der Waals surface area contributed by atoms with Crippen molar-refractivity contribution in [2.24, 2.45) is 0 Å². The maximum Gasteiger partial charge on any atom is 0.139 e. The van der Waals surface area contributed by atoms with E-state index in [0.29, 0.717) is 31.2 Å². The SMILES string of the molecule is CN(CC1(O)COC1)c1nc(N)nc2[n-]ncc12.[Re].